The van der Waals surface area contributed by atoms with Crippen molar-refractivity contribution in [2.75, 3.05) is 13.1 Å². The van der Waals surface area contributed by atoms with Gasteiger partial charge in [0.2, 0.25) is 11.8 Å². The average molecular weight is 385 g/mol. The molecule has 7 heteroatoms. The number of likely N-dealkylation sites (tertiary alicyclic amines) is 1. The Hall–Kier alpha value is -2.54. The lowest BCUT2D eigenvalue weighted by molar-refractivity contribution is -0.131. The Balaban J connectivity index is 1.39. The van der Waals surface area contributed by atoms with Crippen molar-refractivity contribution in [1.29, 1.82) is 0 Å². The zero-order chi connectivity index (χ0) is 18.8. The molecular formula is C20H20FN3O2S. The number of oxazole rings is 1. The highest BCUT2D eigenvalue weighted by atomic mass is 32.1. The third-order valence-corrected chi connectivity index (χ3v) is 5.89. The first-order valence-corrected chi connectivity index (χ1v) is 9.87. The fourth-order valence-corrected chi connectivity index (χ4v) is 4.19. The van der Waals surface area contributed by atoms with Crippen molar-refractivity contribution in [3.05, 3.63) is 58.1 Å². The van der Waals surface area contributed by atoms with Gasteiger partial charge in [0.15, 0.2) is 0 Å². The molecule has 0 N–H and O–H groups in total. The molecule has 27 heavy (non-hydrogen) atoms. The zero-order valence-corrected chi connectivity index (χ0v) is 15.8. The standard InChI is InChI=1S/C20H20FN3O2S/c1-13-17(23-19(26-13)14-2-4-16(21)5-3-14)12-18(25)24-9-6-15(7-10-24)20-22-8-11-27-20/h2-5,8,11,15H,6-7,9-10,12H2,1H3. The second-order valence-corrected chi connectivity index (χ2v) is 7.66. The van der Waals surface area contributed by atoms with Gasteiger partial charge in [-0.15, -0.1) is 11.3 Å². The van der Waals surface area contributed by atoms with Crippen LogP contribution in [0.3, 0.4) is 0 Å². The summed E-state index contributed by atoms with van der Waals surface area (Å²) in [7, 11) is 0. The van der Waals surface area contributed by atoms with Crippen molar-refractivity contribution in [3.63, 3.8) is 0 Å². The topological polar surface area (TPSA) is 59.2 Å². The maximum Gasteiger partial charge on any atom is 0.228 e. The van der Waals surface area contributed by atoms with E-state index in [2.05, 4.69) is 9.97 Å². The van der Waals surface area contributed by atoms with Crippen LogP contribution in [0.15, 0.2) is 40.3 Å². The summed E-state index contributed by atoms with van der Waals surface area (Å²) in [5.74, 6) is 1.25. The van der Waals surface area contributed by atoms with E-state index in [9.17, 15) is 9.18 Å². The third-order valence-electron chi connectivity index (χ3n) is 4.95. The number of rotatable bonds is 4. The molecule has 0 atom stereocenters. The highest BCUT2D eigenvalue weighted by molar-refractivity contribution is 7.09. The predicted octanol–water partition coefficient (Wildman–Crippen LogP) is 4.19. The van der Waals surface area contributed by atoms with Gasteiger partial charge >= 0.3 is 0 Å². The summed E-state index contributed by atoms with van der Waals surface area (Å²) in [4.78, 5) is 23.4. The lowest BCUT2D eigenvalue weighted by Gasteiger charge is -2.31. The summed E-state index contributed by atoms with van der Waals surface area (Å²) in [6, 6.07) is 5.98. The molecule has 0 radical (unpaired) electrons. The molecule has 0 aliphatic carbocycles. The minimum Gasteiger partial charge on any atom is -0.441 e. The zero-order valence-electron chi connectivity index (χ0n) is 15.0. The molecule has 0 spiro atoms. The van der Waals surface area contributed by atoms with E-state index in [1.807, 2.05) is 16.5 Å². The van der Waals surface area contributed by atoms with Crippen molar-refractivity contribution in [3.8, 4) is 11.5 Å². The number of thiazole rings is 1. The number of amides is 1. The Morgan fingerprint density at radius 2 is 2.04 bits per heavy atom. The van der Waals surface area contributed by atoms with Gasteiger partial charge in [0.25, 0.3) is 0 Å². The molecule has 0 saturated carbocycles. The van der Waals surface area contributed by atoms with E-state index < -0.39 is 0 Å². The number of carbonyl (C=O) groups excluding carboxylic acids is 1. The molecule has 5 nitrogen and oxygen atoms in total. The molecule has 1 amide bonds. The molecule has 1 aliphatic rings. The molecule has 140 valence electrons. The number of aryl methyl sites for hydroxylation is 1. The number of halogens is 1. The Bertz CT molecular complexity index is 913. The summed E-state index contributed by atoms with van der Waals surface area (Å²) in [6.07, 6.45) is 3.94. The van der Waals surface area contributed by atoms with Crippen LogP contribution in [0.5, 0.6) is 0 Å². The normalized spacial score (nSPS) is 15.3. The second-order valence-electron chi connectivity index (χ2n) is 6.73. The number of hydrogen-bond donors (Lipinski definition) is 0. The number of benzene rings is 1. The van der Waals surface area contributed by atoms with E-state index >= 15 is 0 Å². The Kier molecular flexibility index (Phi) is 5.03. The first-order valence-electron chi connectivity index (χ1n) is 8.99. The van der Waals surface area contributed by atoms with Crippen LogP contribution in [0.1, 0.15) is 35.2 Å². The Labute approximate surface area is 160 Å². The maximum absolute atomic E-state index is 13.1. The number of nitrogens with zero attached hydrogens (tertiary/aromatic N) is 3. The van der Waals surface area contributed by atoms with E-state index in [1.54, 1.807) is 30.4 Å². The van der Waals surface area contributed by atoms with Crippen LogP contribution in [-0.4, -0.2) is 33.9 Å². The SMILES string of the molecule is Cc1oc(-c2ccc(F)cc2)nc1CC(=O)N1CCC(c2nccs2)CC1. The first kappa shape index (κ1) is 17.9. The lowest BCUT2D eigenvalue weighted by atomic mass is 9.97. The minimum atomic E-state index is -0.307. The number of piperidine rings is 1. The fourth-order valence-electron chi connectivity index (χ4n) is 3.37. The van der Waals surface area contributed by atoms with Gasteiger partial charge in [0.05, 0.1) is 17.1 Å². The van der Waals surface area contributed by atoms with Crippen LogP contribution >= 0.6 is 11.3 Å². The van der Waals surface area contributed by atoms with Gasteiger partial charge in [-0.1, -0.05) is 0 Å². The lowest BCUT2D eigenvalue weighted by Crippen LogP contribution is -2.38. The third kappa shape index (κ3) is 3.93. The summed E-state index contributed by atoms with van der Waals surface area (Å²) in [5.41, 5.74) is 1.34. The number of hydrogen-bond acceptors (Lipinski definition) is 5. The van der Waals surface area contributed by atoms with Gasteiger partial charge in [-0.25, -0.2) is 14.4 Å². The Morgan fingerprint density at radius 1 is 1.30 bits per heavy atom. The van der Waals surface area contributed by atoms with Crippen LogP contribution in [0.25, 0.3) is 11.5 Å². The van der Waals surface area contributed by atoms with Crippen LogP contribution in [0, 0.1) is 12.7 Å². The van der Waals surface area contributed by atoms with Crippen molar-refractivity contribution in [2.45, 2.75) is 32.1 Å². The van der Waals surface area contributed by atoms with E-state index in [4.69, 9.17) is 4.42 Å². The Morgan fingerprint density at radius 3 is 2.70 bits per heavy atom. The maximum atomic E-state index is 13.1. The van der Waals surface area contributed by atoms with Gasteiger partial charge in [-0.2, -0.15) is 0 Å². The van der Waals surface area contributed by atoms with Crippen molar-refractivity contribution in [2.24, 2.45) is 0 Å². The van der Waals surface area contributed by atoms with E-state index in [0.29, 0.717) is 28.8 Å². The summed E-state index contributed by atoms with van der Waals surface area (Å²) < 4.78 is 18.8. The molecule has 3 heterocycles. The first-order chi connectivity index (χ1) is 13.1. The number of carbonyl (C=O) groups is 1. The van der Waals surface area contributed by atoms with Gasteiger partial charge in [0.1, 0.15) is 11.6 Å². The summed E-state index contributed by atoms with van der Waals surface area (Å²) >= 11 is 1.68. The summed E-state index contributed by atoms with van der Waals surface area (Å²) in [6.45, 7) is 3.28. The molecule has 3 aromatic rings. The van der Waals surface area contributed by atoms with Crippen LogP contribution < -0.4 is 0 Å². The highest BCUT2D eigenvalue weighted by Crippen LogP contribution is 2.30. The molecule has 2 aromatic heterocycles. The highest BCUT2D eigenvalue weighted by Gasteiger charge is 2.26. The van der Waals surface area contributed by atoms with Gasteiger partial charge < -0.3 is 9.32 Å². The quantitative estimate of drug-likeness (QED) is 0.676. The van der Waals surface area contributed by atoms with Gasteiger partial charge in [-0.3, -0.25) is 4.79 Å². The van der Waals surface area contributed by atoms with Crippen molar-refractivity contribution in [1.82, 2.24) is 14.9 Å². The van der Waals surface area contributed by atoms with E-state index in [-0.39, 0.29) is 18.1 Å². The molecular weight excluding hydrogens is 365 g/mol. The number of aromatic nitrogens is 2. The van der Waals surface area contributed by atoms with Crippen LogP contribution in [0.2, 0.25) is 0 Å². The van der Waals surface area contributed by atoms with Gasteiger partial charge in [-0.05, 0) is 44.0 Å². The molecule has 1 aliphatic heterocycles. The molecule has 1 fully saturated rings. The molecule has 1 saturated heterocycles. The van der Waals surface area contributed by atoms with Crippen LogP contribution in [-0.2, 0) is 11.2 Å². The van der Waals surface area contributed by atoms with Crippen molar-refractivity contribution >= 4 is 17.2 Å². The molecule has 0 bridgehead atoms. The average Bonchev–Trinajstić information content (AvgIpc) is 3.33. The minimum absolute atomic E-state index is 0.0645. The van der Waals surface area contributed by atoms with Crippen LogP contribution in [0.4, 0.5) is 4.39 Å². The second kappa shape index (κ2) is 7.60. The predicted molar refractivity (Wildman–Crippen MR) is 101 cm³/mol. The smallest absolute Gasteiger partial charge is 0.228 e. The van der Waals surface area contributed by atoms with Crippen molar-refractivity contribution < 1.29 is 13.6 Å². The van der Waals surface area contributed by atoms with Gasteiger partial charge in [0, 0.05) is 36.1 Å². The fraction of sp³-hybridized carbons (Fsp3) is 0.350. The largest absolute Gasteiger partial charge is 0.441 e. The molecule has 1 aromatic carbocycles. The van der Waals surface area contributed by atoms with E-state index in [1.165, 1.54) is 17.1 Å². The van der Waals surface area contributed by atoms with E-state index in [0.717, 1.165) is 25.9 Å². The monoisotopic (exact) mass is 385 g/mol. The molecule has 0 unspecified atom stereocenters. The summed E-state index contributed by atoms with van der Waals surface area (Å²) in [5, 5.41) is 3.16. The molecule has 4 rings (SSSR count).